The molecule has 0 saturated heterocycles. The fourth-order valence-electron chi connectivity index (χ4n) is 3.66. The third-order valence-electron chi connectivity index (χ3n) is 5.21. The number of benzene rings is 2. The lowest BCUT2D eigenvalue weighted by Crippen LogP contribution is -2.33. The maximum absolute atomic E-state index is 12.1. The molecular weight excluding hydrogens is 354 g/mol. The first kappa shape index (κ1) is 18.5. The normalized spacial score (nSPS) is 14.9. The van der Waals surface area contributed by atoms with E-state index in [4.69, 9.17) is 9.26 Å². The molecule has 28 heavy (non-hydrogen) atoms. The number of aromatic nitrogens is 2. The summed E-state index contributed by atoms with van der Waals surface area (Å²) in [6.45, 7) is 0.763. The van der Waals surface area contributed by atoms with Crippen LogP contribution >= 0.6 is 0 Å². The molecule has 1 aliphatic rings. The van der Waals surface area contributed by atoms with Crippen LogP contribution < -0.4 is 10.1 Å². The maximum atomic E-state index is 12.1. The lowest BCUT2D eigenvalue weighted by atomic mass is 9.89. The van der Waals surface area contributed by atoms with Crippen molar-refractivity contribution in [1.82, 2.24) is 15.5 Å². The molecule has 0 spiro atoms. The molecule has 0 radical (unpaired) electrons. The van der Waals surface area contributed by atoms with Gasteiger partial charge in [-0.15, -0.1) is 0 Å². The minimum atomic E-state index is 0.152. The van der Waals surface area contributed by atoms with E-state index in [1.54, 1.807) is 0 Å². The number of nitrogens with one attached hydrogen (secondary N) is 1. The summed E-state index contributed by atoms with van der Waals surface area (Å²) in [4.78, 5) is 16.5. The van der Waals surface area contributed by atoms with Gasteiger partial charge in [-0.3, -0.25) is 4.79 Å². The minimum Gasteiger partial charge on any atom is -0.485 e. The van der Waals surface area contributed by atoms with E-state index in [1.165, 1.54) is 11.8 Å². The van der Waals surface area contributed by atoms with Crippen LogP contribution in [0.1, 0.15) is 43.8 Å². The van der Waals surface area contributed by atoms with Gasteiger partial charge in [-0.2, -0.15) is 4.98 Å². The monoisotopic (exact) mass is 379 g/mol. The summed E-state index contributed by atoms with van der Waals surface area (Å²) in [5.74, 6) is 2.11. The van der Waals surface area contributed by atoms with Crippen molar-refractivity contribution in [2.45, 2.75) is 45.1 Å². The van der Waals surface area contributed by atoms with Gasteiger partial charge >= 0.3 is 0 Å². The number of rotatable bonds is 7. The SMILES string of the molecule is O=C(NCCc1nc(COc2ccc3ccccc3c2)no1)C1CCCCC1. The molecule has 1 aliphatic carbocycles. The molecule has 1 saturated carbocycles. The Morgan fingerprint density at radius 3 is 2.79 bits per heavy atom. The maximum Gasteiger partial charge on any atom is 0.228 e. The predicted octanol–water partition coefficient (Wildman–Crippen LogP) is 4.04. The summed E-state index contributed by atoms with van der Waals surface area (Å²) < 4.78 is 11.0. The zero-order valence-electron chi connectivity index (χ0n) is 15.9. The summed E-state index contributed by atoms with van der Waals surface area (Å²) in [6, 6.07) is 14.1. The second kappa shape index (κ2) is 8.87. The van der Waals surface area contributed by atoms with Gasteiger partial charge in [0.1, 0.15) is 5.75 Å². The Labute approximate surface area is 164 Å². The van der Waals surface area contributed by atoms with Crippen molar-refractivity contribution in [1.29, 1.82) is 0 Å². The fraction of sp³-hybridized carbons (Fsp3) is 0.409. The highest BCUT2D eigenvalue weighted by Gasteiger charge is 2.20. The van der Waals surface area contributed by atoms with Crippen LogP contribution in [0.25, 0.3) is 10.8 Å². The molecule has 4 rings (SSSR count). The van der Waals surface area contributed by atoms with E-state index in [1.807, 2.05) is 30.3 Å². The third-order valence-corrected chi connectivity index (χ3v) is 5.21. The third kappa shape index (κ3) is 4.68. The lowest BCUT2D eigenvalue weighted by molar-refractivity contribution is -0.125. The van der Waals surface area contributed by atoms with Crippen molar-refractivity contribution in [3.8, 4) is 5.75 Å². The molecular formula is C22H25N3O3. The molecule has 0 atom stereocenters. The Hall–Kier alpha value is -2.89. The molecule has 1 amide bonds. The molecule has 0 aliphatic heterocycles. The first-order chi connectivity index (χ1) is 13.8. The highest BCUT2D eigenvalue weighted by atomic mass is 16.5. The van der Waals surface area contributed by atoms with Crippen LogP contribution in [0, 0.1) is 5.92 Å². The Morgan fingerprint density at radius 1 is 1.11 bits per heavy atom. The zero-order chi connectivity index (χ0) is 19.2. The van der Waals surface area contributed by atoms with Crippen LogP contribution in [0.5, 0.6) is 5.75 Å². The molecule has 1 fully saturated rings. The molecule has 1 heterocycles. The molecule has 6 heteroatoms. The van der Waals surface area contributed by atoms with Crippen LogP contribution in [-0.2, 0) is 17.8 Å². The number of nitrogens with zero attached hydrogens (tertiary/aromatic N) is 2. The van der Waals surface area contributed by atoms with Gasteiger partial charge in [0.05, 0.1) is 0 Å². The number of ether oxygens (including phenoxy) is 1. The van der Waals surface area contributed by atoms with E-state index in [2.05, 4.69) is 27.6 Å². The van der Waals surface area contributed by atoms with Gasteiger partial charge in [-0.05, 0) is 35.7 Å². The molecule has 146 valence electrons. The number of hydrogen-bond acceptors (Lipinski definition) is 5. The van der Waals surface area contributed by atoms with E-state index in [9.17, 15) is 4.79 Å². The zero-order valence-corrected chi connectivity index (χ0v) is 15.9. The Morgan fingerprint density at radius 2 is 1.93 bits per heavy atom. The quantitative estimate of drug-likeness (QED) is 0.670. The van der Waals surface area contributed by atoms with E-state index >= 15 is 0 Å². The van der Waals surface area contributed by atoms with Gasteiger partial charge in [0.15, 0.2) is 6.61 Å². The Balaban J connectivity index is 1.24. The second-order valence-corrected chi connectivity index (χ2v) is 7.28. The highest BCUT2D eigenvalue weighted by molar-refractivity contribution is 5.83. The average Bonchev–Trinajstić information content (AvgIpc) is 3.20. The first-order valence-corrected chi connectivity index (χ1v) is 9.99. The average molecular weight is 379 g/mol. The van der Waals surface area contributed by atoms with Crippen molar-refractivity contribution in [3.05, 3.63) is 54.2 Å². The van der Waals surface area contributed by atoms with Crippen molar-refractivity contribution in [2.24, 2.45) is 5.92 Å². The van der Waals surface area contributed by atoms with Crippen LogP contribution in [-0.4, -0.2) is 22.6 Å². The summed E-state index contributed by atoms with van der Waals surface area (Å²) in [7, 11) is 0. The molecule has 2 aromatic carbocycles. The van der Waals surface area contributed by atoms with Crippen LogP contribution in [0.15, 0.2) is 47.0 Å². The number of hydrogen-bond donors (Lipinski definition) is 1. The Bertz CT molecular complexity index is 931. The number of carbonyl (C=O) groups excluding carboxylic acids is 1. The van der Waals surface area contributed by atoms with E-state index in [0.29, 0.717) is 24.7 Å². The second-order valence-electron chi connectivity index (χ2n) is 7.28. The predicted molar refractivity (Wildman–Crippen MR) is 106 cm³/mol. The van der Waals surface area contributed by atoms with Crippen LogP contribution in [0.2, 0.25) is 0 Å². The van der Waals surface area contributed by atoms with Gasteiger partial charge in [0, 0.05) is 18.9 Å². The summed E-state index contributed by atoms with van der Waals surface area (Å²) in [5, 5.41) is 9.24. The molecule has 1 aromatic heterocycles. The summed E-state index contributed by atoms with van der Waals surface area (Å²) >= 11 is 0. The number of amides is 1. The Kier molecular flexibility index (Phi) is 5.85. The van der Waals surface area contributed by atoms with Gasteiger partial charge in [0.25, 0.3) is 0 Å². The fourth-order valence-corrected chi connectivity index (χ4v) is 3.66. The number of carbonyl (C=O) groups is 1. The summed E-state index contributed by atoms with van der Waals surface area (Å²) in [5.41, 5.74) is 0. The van der Waals surface area contributed by atoms with Crippen molar-refractivity contribution < 1.29 is 14.1 Å². The van der Waals surface area contributed by atoms with Crippen molar-refractivity contribution >= 4 is 16.7 Å². The van der Waals surface area contributed by atoms with E-state index < -0.39 is 0 Å². The van der Waals surface area contributed by atoms with Gasteiger partial charge in [-0.1, -0.05) is 54.8 Å². The van der Waals surface area contributed by atoms with Crippen molar-refractivity contribution in [2.75, 3.05) is 6.54 Å². The van der Waals surface area contributed by atoms with Gasteiger partial charge in [0.2, 0.25) is 17.6 Å². The molecule has 3 aromatic rings. The first-order valence-electron chi connectivity index (χ1n) is 9.99. The van der Waals surface area contributed by atoms with Crippen LogP contribution in [0.3, 0.4) is 0 Å². The van der Waals surface area contributed by atoms with Crippen molar-refractivity contribution in [3.63, 3.8) is 0 Å². The summed E-state index contributed by atoms with van der Waals surface area (Å²) in [6.07, 6.45) is 6.09. The van der Waals surface area contributed by atoms with Gasteiger partial charge < -0.3 is 14.6 Å². The smallest absolute Gasteiger partial charge is 0.228 e. The number of fused-ring (bicyclic) bond motifs is 1. The standard InChI is InChI=1S/C22H25N3O3/c26-22(17-7-2-1-3-8-17)23-13-12-21-24-20(25-28-21)15-27-19-11-10-16-6-4-5-9-18(16)14-19/h4-6,9-11,14,17H,1-3,7-8,12-13,15H2,(H,23,26). The van der Waals surface area contributed by atoms with Gasteiger partial charge in [-0.25, -0.2) is 0 Å². The van der Waals surface area contributed by atoms with E-state index in [-0.39, 0.29) is 18.4 Å². The minimum absolute atomic E-state index is 0.152. The molecule has 1 N–H and O–H groups in total. The largest absolute Gasteiger partial charge is 0.485 e. The van der Waals surface area contributed by atoms with Crippen LogP contribution in [0.4, 0.5) is 0 Å². The highest BCUT2D eigenvalue weighted by Crippen LogP contribution is 2.23. The van der Waals surface area contributed by atoms with E-state index in [0.717, 1.165) is 36.8 Å². The molecule has 0 unspecified atom stereocenters. The topological polar surface area (TPSA) is 77.2 Å². The molecule has 6 nitrogen and oxygen atoms in total. The lowest BCUT2D eigenvalue weighted by Gasteiger charge is -2.20. The molecule has 0 bridgehead atoms.